The van der Waals surface area contributed by atoms with Gasteiger partial charge in [-0.2, -0.15) is 0 Å². The summed E-state index contributed by atoms with van der Waals surface area (Å²) in [6.07, 6.45) is -1.58. The highest BCUT2D eigenvalue weighted by Gasteiger charge is 2.19. The first-order chi connectivity index (χ1) is 12.4. The molecule has 6 nitrogen and oxygen atoms in total. The summed E-state index contributed by atoms with van der Waals surface area (Å²) in [4.78, 5) is 25.2. The van der Waals surface area contributed by atoms with Crippen LogP contribution >= 0.6 is 0 Å². The van der Waals surface area contributed by atoms with Crippen molar-refractivity contribution in [2.75, 3.05) is 16.8 Å². The predicted octanol–water partition coefficient (Wildman–Crippen LogP) is 4.81. The van der Waals surface area contributed by atoms with E-state index in [9.17, 15) is 14.0 Å². The lowest BCUT2D eigenvalue weighted by Crippen LogP contribution is -2.34. The van der Waals surface area contributed by atoms with Gasteiger partial charge in [0.25, 0.3) is 0 Å². The molecule has 0 spiro atoms. The summed E-state index contributed by atoms with van der Waals surface area (Å²) in [6.45, 7) is 5.42. The molecular formula is C19H21FN2O4. The maximum Gasteiger partial charge on any atom is 0.419 e. The molecule has 7 heteroatoms. The average molecular weight is 360 g/mol. The van der Waals surface area contributed by atoms with Crippen molar-refractivity contribution in [1.82, 2.24) is 0 Å². The van der Waals surface area contributed by atoms with Gasteiger partial charge in [0.2, 0.25) is 0 Å². The third-order valence-corrected chi connectivity index (χ3v) is 3.31. The van der Waals surface area contributed by atoms with Gasteiger partial charge in [-0.1, -0.05) is 18.2 Å². The number of hydrogen-bond donors (Lipinski definition) is 1. The zero-order valence-electron chi connectivity index (χ0n) is 14.9. The van der Waals surface area contributed by atoms with Crippen LogP contribution in [-0.2, 0) is 4.74 Å². The lowest BCUT2D eigenvalue weighted by Gasteiger charge is -2.21. The predicted molar refractivity (Wildman–Crippen MR) is 97.1 cm³/mol. The molecule has 0 heterocycles. The second-order valence-corrected chi connectivity index (χ2v) is 5.67. The molecule has 0 saturated carbocycles. The van der Waals surface area contributed by atoms with Crippen LogP contribution in [0.2, 0.25) is 0 Å². The molecule has 0 bridgehead atoms. The number of nitrogens with one attached hydrogen (secondary N) is 1. The summed E-state index contributed by atoms with van der Waals surface area (Å²) in [7, 11) is 0. The average Bonchev–Trinajstić information content (AvgIpc) is 2.56. The Kier molecular flexibility index (Phi) is 6.54. The van der Waals surface area contributed by atoms with Crippen LogP contribution in [-0.4, -0.2) is 24.8 Å². The van der Waals surface area contributed by atoms with Crippen molar-refractivity contribution >= 4 is 23.6 Å². The van der Waals surface area contributed by atoms with Gasteiger partial charge in [-0.05, 0) is 45.0 Å². The normalized spacial score (nSPS) is 10.3. The number of para-hydroxylation sites is 1. The van der Waals surface area contributed by atoms with Gasteiger partial charge in [0.15, 0.2) is 0 Å². The molecule has 0 unspecified atom stereocenters. The van der Waals surface area contributed by atoms with E-state index in [1.165, 1.54) is 23.1 Å². The van der Waals surface area contributed by atoms with E-state index in [4.69, 9.17) is 9.47 Å². The lowest BCUT2D eigenvalue weighted by atomic mass is 10.3. The van der Waals surface area contributed by atoms with Gasteiger partial charge in [0.1, 0.15) is 11.6 Å². The largest absolute Gasteiger partial charge is 0.447 e. The Balaban J connectivity index is 2.10. The Morgan fingerprint density at radius 2 is 1.88 bits per heavy atom. The van der Waals surface area contributed by atoms with E-state index in [2.05, 4.69) is 5.32 Å². The Morgan fingerprint density at radius 3 is 2.54 bits per heavy atom. The topological polar surface area (TPSA) is 67.9 Å². The van der Waals surface area contributed by atoms with Crippen LogP contribution in [0, 0.1) is 5.82 Å². The molecule has 0 saturated heterocycles. The fraction of sp³-hybridized carbons (Fsp3) is 0.263. The Hall–Kier alpha value is -3.09. The highest BCUT2D eigenvalue weighted by molar-refractivity contribution is 5.89. The molecule has 138 valence electrons. The lowest BCUT2D eigenvalue weighted by molar-refractivity contribution is 0.130. The van der Waals surface area contributed by atoms with Gasteiger partial charge < -0.3 is 9.47 Å². The van der Waals surface area contributed by atoms with E-state index >= 15 is 0 Å². The molecule has 0 aromatic heterocycles. The smallest absolute Gasteiger partial charge is 0.419 e. The number of benzene rings is 2. The van der Waals surface area contributed by atoms with Gasteiger partial charge in [0, 0.05) is 18.3 Å². The summed E-state index contributed by atoms with van der Waals surface area (Å²) in [5.74, 6) is -0.301. The highest BCUT2D eigenvalue weighted by atomic mass is 19.1. The number of anilines is 2. The second kappa shape index (κ2) is 8.84. The van der Waals surface area contributed by atoms with Gasteiger partial charge >= 0.3 is 12.2 Å². The fourth-order valence-electron chi connectivity index (χ4n) is 2.22. The molecule has 0 fully saturated rings. The van der Waals surface area contributed by atoms with Crippen LogP contribution in [0.5, 0.6) is 5.75 Å². The Bertz CT molecular complexity index is 780. The summed E-state index contributed by atoms with van der Waals surface area (Å²) < 4.78 is 24.2. The van der Waals surface area contributed by atoms with E-state index in [0.29, 0.717) is 5.69 Å². The molecule has 2 amide bonds. The minimum absolute atomic E-state index is 0.134. The van der Waals surface area contributed by atoms with Crippen molar-refractivity contribution in [2.24, 2.45) is 0 Å². The minimum Gasteiger partial charge on any atom is -0.447 e. The molecular weight excluding hydrogens is 339 g/mol. The fourth-order valence-corrected chi connectivity index (χ4v) is 2.22. The number of hydrogen-bond acceptors (Lipinski definition) is 4. The molecule has 0 radical (unpaired) electrons. The monoisotopic (exact) mass is 360 g/mol. The van der Waals surface area contributed by atoms with Crippen LogP contribution in [0.25, 0.3) is 0 Å². The van der Waals surface area contributed by atoms with Crippen LogP contribution in [0.15, 0.2) is 48.5 Å². The molecule has 0 atom stereocenters. The maximum atomic E-state index is 13.9. The standard InChI is InChI=1S/C19H21FN2O4/c1-4-22(17-11-6-5-10-16(17)20)19(24)26-15-9-7-8-14(12-15)21-18(23)25-13(2)3/h5-13H,4H2,1-3H3,(H,21,23). The van der Waals surface area contributed by atoms with Crippen molar-refractivity contribution < 1.29 is 23.5 Å². The Morgan fingerprint density at radius 1 is 1.15 bits per heavy atom. The number of carbonyl (C=O) groups is 2. The summed E-state index contributed by atoms with van der Waals surface area (Å²) in [5.41, 5.74) is 0.546. The van der Waals surface area contributed by atoms with Crippen molar-refractivity contribution in [3.8, 4) is 5.75 Å². The third kappa shape index (κ3) is 5.20. The van der Waals surface area contributed by atoms with Crippen LogP contribution < -0.4 is 15.0 Å². The van der Waals surface area contributed by atoms with Crippen LogP contribution in [0.3, 0.4) is 0 Å². The molecule has 26 heavy (non-hydrogen) atoms. The van der Waals surface area contributed by atoms with E-state index in [1.54, 1.807) is 51.1 Å². The number of rotatable bonds is 5. The molecule has 2 rings (SSSR count). The summed E-state index contributed by atoms with van der Waals surface area (Å²) >= 11 is 0. The first kappa shape index (κ1) is 19.2. The van der Waals surface area contributed by atoms with Gasteiger partial charge in [0.05, 0.1) is 11.8 Å². The van der Waals surface area contributed by atoms with E-state index in [-0.39, 0.29) is 24.1 Å². The zero-order valence-corrected chi connectivity index (χ0v) is 14.9. The summed E-state index contributed by atoms with van der Waals surface area (Å²) in [5, 5.41) is 2.54. The first-order valence-corrected chi connectivity index (χ1v) is 8.22. The SMILES string of the molecule is CCN(C(=O)Oc1cccc(NC(=O)OC(C)C)c1)c1ccccc1F. The number of ether oxygens (including phenoxy) is 2. The second-order valence-electron chi connectivity index (χ2n) is 5.67. The van der Waals surface area contributed by atoms with Gasteiger partial charge in [-0.3, -0.25) is 10.2 Å². The molecule has 2 aromatic carbocycles. The zero-order chi connectivity index (χ0) is 19.1. The quantitative estimate of drug-likeness (QED) is 0.831. The maximum absolute atomic E-state index is 13.9. The first-order valence-electron chi connectivity index (χ1n) is 8.22. The number of amides is 2. The van der Waals surface area contributed by atoms with Gasteiger partial charge in [-0.15, -0.1) is 0 Å². The number of carbonyl (C=O) groups excluding carboxylic acids is 2. The van der Waals surface area contributed by atoms with E-state index in [1.807, 2.05) is 0 Å². The molecule has 2 aromatic rings. The van der Waals surface area contributed by atoms with E-state index in [0.717, 1.165) is 0 Å². The highest BCUT2D eigenvalue weighted by Crippen LogP contribution is 2.22. The van der Waals surface area contributed by atoms with Crippen molar-refractivity contribution in [2.45, 2.75) is 26.9 Å². The van der Waals surface area contributed by atoms with Crippen molar-refractivity contribution in [3.05, 3.63) is 54.3 Å². The molecule has 1 N–H and O–H groups in total. The van der Waals surface area contributed by atoms with Crippen LogP contribution in [0.1, 0.15) is 20.8 Å². The third-order valence-electron chi connectivity index (χ3n) is 3.31. The minimum atomic E-state index is -0.723. The number of halogens is 1. The molecule has 0 aliphatic carbocycles. The molecule has 0 aliphatic rings. The van der Waals surface area contributed by atoms with E-state index < -0.39 is 18.0 Å². The van der Waals surface area contributed by atoms with Crippen molar-refractivity contribution in [1.29, 1.82) is 0 Å². The molecule has 0 aliphatic heterocycles. The van der Waals surface area contributed by atoms with Crippen LogP contribution in [0.4, 0.5) is 25.4 Å². The van der Waals surface area contributed by atoms with Crippen molar-refractivity contribution in [3.63, 3.8) is 0 Å². The van der Waals surface area contributed by atoms with Gasteiger partial charge in [-0.25, -0.2) is 14.0 Å². The Labute approximate surface area is 151 Å². The number of nitrogens with zero attached hydrogens (tertiary/aromatic N) is 1. The summed E-state index contributed by atoms with van der Waals surface area (Å²) in [6, 6.07) is 12.2.